The lowest BCUT2D eigenvalue weighted by atomic mass is 10.1. The second-order valence-corrected chi connectivity index (χ2v) is 4.48. The second kappa shape index (κ2) is 6.97. The van der Waals surface area contributed by atoms with Crippen molar-refractivity contribution in [3.63, 3.8) is 0 Å². The molecule has 0 aliphatic carbocycles. The molecule has 2 aromatic rings. The van der Waals surface area contributed by atoms with Crippen LogP contribution in [0.2, 0.25) is 0 Å². The number of ketones is 1. The Labute approximate surface area is 124 Å². The summed E-state index contributed by atoms with van der Waals surface area (Å²) in [4.78, 5) is 12.4. The van der Waals surface area contributed by atoms with E-state index in [2.05, 4.69) is 0 Å². The van der Waals surface area contributed by atoms with E-state index in [1.807, 2.05) is 26.8 Å². The van der Waals surface area contributed by atoms with E-state index in [9.17, 15) is 4.79 Å². The van der Waals surface area contributed by atoms with Crippen molar-refractivity contribution in [1.29, 1.82) is 0 Å². The van der Waals surface area contributed by atoms with Crippen molar-refractivity contribution in [3.05, 3.63) is 47.4 Å². The zero-order chi connectivity index (χ0) is 15.2. The summed E-state index contributed by atoms with van der Waals surface area (Å²) in [5.74, 6) is 2.21. The van der Waals surface area contributed by atoms with Gasteiger partial charge in [-0.2, -0.15) is 0 Å². The molecule has 0 aliphatic rings. The van der Waals surface area contributed by atoms with E-state index in [1.54, 1.807) is 24.3 Å². The molecule has 0 radical (unpaired) electrons. The molecule has 4 heteroatoms. The molecule has 0 amide bonds. The maximum atomic E-state index is 12.4. The van der Waals surface area contributed by atoms with Gasteiger partial charge >= 0.3 is 0 Å². The lowest BCUT2D eigenvalue weighted by Crippen LogP contribution is -2.03. The minimum absolute atomic E-state index is 0.154. The molecule has 1 aromatic heterocycles. The average Bonchev–Trinajstić information content (AvgIpc) is 2.98. The highest BCUT2D eigenvalue weighted by Gasteiger charge is 2.16. The summed E-state index contributed by atoms with van der Waals surface area (Å²) in [5, 5.41) is 0. The van der Waals surface area contributed by atoms with E-state index >= 15 is 0 Å². The van der Waals surface area contributed by atoms with Gasteiger partial charge in [-0.05, 0) is 44.2 Å². The third-order valence-corrected chi connectivity index (χ3v) is 3.04. The number of carbonyl (C=O) groups is 1. The molecule has 0 spiro atoms. The number of aryl methyl sites for hydroxylation is 1. The van der Waals surface area contributed by atoms with Gasteiger partial charge in [0.05, 0.1) is 13.2 Å². The fraction of sp³-hybridized carbons (Fsp3) is 0.353. The molecule has 0 N–H and O–H groups in total. The van der Waals surface area contributed by atoms with Gasteiger partial charge < -0.3 is 13.9 Å². The first-order valence-electron chi connectivity index (χ1n) is 7.22. The number of hydrogen-bond acceptors (Lipinski definition) is 4. The maximum Gasteiger partial charge on any atom is 0.228 e. The van der Waals surface area contributed by atoms with Crippen LogP contribution in [0.5, 0.6) is 11.5 Å². The smallest absolute Gasteiger partial charge is 0.228 e. The molecule has 21 heavy (non-hydrogen) atoms. The van der Waals surface area contributed by atoms with Gasteiger partial charge in [-0.1, -0.05) is 6.92 Å². The quantitative estimate of drug-likeness (QED) is 0.726. The van der Waals surface area contributed by atoms with Crippen molar-refractivity contribution < 1.29 is 18.7 Å². The Bertz CT molecular complexity index is 613. The van der Waals surface area contributed by atoms with Crippen LogP contribution in [-0.4, -0.2) is 19.0 Å². The Kier molecular flexibility index (Phi) is 5.04. The Balaban J connectivity index is 2.30. The van der Waals surface area contributed by atoms with E-state index in [-0.39, 0.29) is 5.78 Å². The predicted molar refractivity (Wildman–Crippen MR) is 80.3 cm³/mol. The fourth-order valence-electron chi connectivity index (χ4n) is 2.02. The molecule has 0 aliphatic heterocycles. The monoisotopic (exact) mass is 288 g/mol. The number of carbonyl (C=O) groups excluding carboxylic acids is 1. The third kappa shape index (κ3) is 3.45. The summed E-state index contributed by atoms with van der Waals surface area (Å²) in [6.07, 6.45) is 0.765. The van der Waals surface area contributed by atoms with Crippen molar-refractivity contribution in [2.45, 2.75) is 27.2 Å². The standard InChI is InChI=1S/C17H20O4/c1-4-13-8-10-15(21-13)17(18)12-7-9-14(19-5-2)16(11-12)20-6-3/h7-11H,4-6H2,1-3H3. The third-order valence-electron chi connectivity index (χ3n) is 3.04. The lowest BCUT2D eigenvalue weighted by Gasteiger charge is -2.11. The van der Waals surface area contributed by atoms with E-state index < -0.39 is 0 Å². The highest BCUT2D eigenvalue weighted by Crippen LogP contribution is 2.29. The van der Waals surface area contributed by atoms with Crippen LogP contribution in [0.3, 0.4) is 0 Å². The molecule has 0 bridgehead atoms. The maximum absolute atomic E-state index is 12.4. The summed E-state index contributed by atoms with van der Waals surface area (Å²) >= 11 is 0. The minimum Gasteiger partial charge on any atom is -0.490 e. The van der Waals surface area contributed by atoms with Crippen molar-refractivity contribution in [2.24, 2.45) is 0 Å². The molecule has 0 saturated heterocycles. The number of benzene rings is 1. The zero-order valence-electron chi connectivity index (χ0n) is 12.6. The van der Waals surface area contributed by atoms with Crippen LogP contribution in [0.25, 0.3) is 0 Å². The highest BCUT2D eigenvalue weighted by atomic mass is 16.5. The van der Waals surface area contributed by atoms with Gasteiger partial charge in [0.2, 0.25) is 5.78 Å². The lowest BCUT2D eigenvalue weighted by molar-refractivity contribution is 0.101. The molecule has 0 saturated carbocycles. The Morgan fingerprint density at radius 3 is 2.33 bits per heavy atom. The summed E-state index contributed by atoms with van der Waals surface area (Å²) in [6.45, 7) is 6.84. The summed E-state index contributed by atoms with van der Waals surface area (Å²) < 4.78 is 16.5. The molecule has 1 aromatic carbocycles. The van der Waals surface area contributed by atoms with Gasteiger partial charge in [0.25, 0.3) is 0 Å². The van der Waals surface area contributed by atoms with Crippen molar-refractivity contribution >= 4 is 5.78 Å². The average molecular weight is 288 g/mol. The number of ether oxygens (including phenoxy) is 2. The van der Waals surface area contributed by atoms with Crippen LogP contribution in [0.4, 0.5) is 0 Å². The molecule has 112 valence electrons. The Morgan fingerprint density at radius 2 is 1.71 bits per heavy atom. The van der Waals surface area contributed by atoms with E-state index in [0.29, 0.717) is 36.0 Å². The van der Waals surface area contributed by atoms with Crippen LogP contribution < -0.4 is 9.47 Å². The van der Waals surface area contributed by atoms with Gasteiger partial charge in [-0.25, -0.2) is 0 Å². The minimum atomic E-state index is -0.154. The van der Waals surface area contributed by atoms with Crippen molar-refractivity contribution in [2.75, 3.05) is 13.2 Å². The van der Waals surface area contributed by atoms with E-state index in [4.69, 9.17) is 13.9 Å². The largest absolute Gasteiger partial charge is 0.490 e. The molecule has 1 heterocycles. The van der Waals surface area contributed by atoms with Gasteiger partial charge in [0, 0.05) is 12.0 Å². The molecule has 0 fully saturated rings. The molecule has 4 nitrogen and oxygen atoms in total. The Morgan fingerprint density at radius 1 is 1.00 bits per heavy atom. The molecule has 0 atom stereocenters. The van der Waals surface area contributed by atoms with Crippen molar-refractivity contribution in [3.8, 4) is 11.5 Å². The number of rotatable bonds is 7. The summed E-state index contributed by atoms with van der Waals surface area (Å²) in [7, 11) is 0. The van der Waals surface area contributed by atoms with Crippen molar-refractivity contribution in [1.82, 2.24) is 0 Å². The van der Waals surface area contributed by atoms with Crippen LogP contribution in [0.15, 0.2) is 34.7 Å². The van der Waals surface area contributed by atoms with Gasteiger partial charge in [0.1, 0.15) is 5.76 Å². The van der Waals surface area contributed by atoms with Crippen LogP contribution in [0.1, 0.15) is 42.6 Å². The fourth-order valence-corrected chi connectivity index (χ4v) is 2.02. The first-order chi connectivity index (χ1) is 10.2. The zero-order valence-corrected chi connectivity index (χ0v) is 12.6. The SMILES string of the molecule is CCOc1ccc(C(=O)c2ccc(CC)o2)cc1OCC. The molecule has 0 unspecified atom stereocenters. The first kappa shape index (κ1) is 15.2. The number of furan rings is 1. The summed E-state index contributed by atoms with van der Waals surface area (Å²) in [5.41, 5.74) is 0.527. The normalized spacial score (nSPS) is 10.4. The predicted octanol–water partition coefficient (Wildman–Crippen LogP) is 3.87. The topological polar surface area (TPSA) is 48.7 Å². The molecular formula is C17H20O4. The first-order valence-corrected chi connectivity index (χ1v) is 7.22. The highest BCUT2D eigenvalue weighted by molar-refractivity contribution is 6.07. The van der Waals surface area contributed by atoms with Crippen LogP contribution in [0, 0.1) is 0 Å². The van der Waals surface area contributed by atoms with Crippen LogP contribution in [-0.2, 0) is 6.42 Å². The second-order valence-electron chi connectivity index (χ2n) is 4.48. The Hall–Kier alpha value is -2.23. The van der Waals surface area contributed by atoms with E-state index in [1.165, 1.54) is 0 Å². The van der Waals surface area contributed by atoms with Gasteiger partial charge in [-0.15, -0.1) is 0 Å². The van der Waals surface area contributed by atoms with E-state index in [0.717, 1.165) is 12.2 Å². The summed E-state index contributed by atoms with van der Waals surface area (Å²) in [6, 6.07) is 8.71. The molecular weight excluding hydrogens is 268 g/mol. The van der Waals surface area contributed by atoms with Gasteiger partial charge in [-0.3, -0.25) is 4.79 Å². The molecule has 2 rings (SSSR count). The van der Waals surface area contributed by atoms with Crippen LogP contribution >= 0.6 is 0 Å². The number of hydrogen-bond donors (Lipinski definition) is 0. The van der Waals surface area contributed by atoms with Gasteiger partial charge in [0.15, 0.2) is 17.3 Å².